The van der Waals surface area contributed by atoms with Gasteiger partial charge in [0.05, 0.1) is 36.7 Å². The second kappa shape index (κ2) is 13.5. The van der Waals surface area contributed by atoms with Crippen LogP contribution in [0, 0.1) is 46.3 Å². The van der Waals surface area contributed by atoms with Crippen LogP contribution in [0.25, 0.3) is 0 Å². The lowest BCUT2D eigenvalue weighted by Gasteiger charge is -2.63. The summed E-state index contributed by atoms with van der Waals surface area (Å²) in [5, 5.41) is 38.1. The number of rotatable bonds is 4. The highest BCUT2D eigenvalue weighted by atomic mass is 16.6. The number of carbonyl (C=O) groups is 8. The molecule has 9 rings (SSSR count). The molecule has 0 aromatic rings. The van der Waals surface area contributed by atoms with Crippen molar-refractivity contribution in [2.24, 2.45) is 46.3 Å². The van der Waals surface area contributed by atoms with Crippen LogP contribution in [0.1, 0.15) is 80.1 Å². The van der Waals surface area contributed by atoms with Gasteiger partial charge in [-0.25, -0.2) is 14.4 Å². The molecule has 0 radical (unpaired) electrons. The summed E-state index contributed by atoms with van der Waals surface area (Å²) in [7, 11) is 1.14. The van der Waals surface area contributed by atoms with Gasteiger partial charge in [0.25, 0.3) is 0 Å². The molecule has 0 amide bonds. The highest BCUT2D eigenvalue weighted by Gasteiger charge is 2.86. The van der Waals surface area contributed by atoms with Gasteiger partial charge in [0, 0.05) is 34.0 Å². The Labute approximate surface area is 356 Å². The fourth-order valence-corrected chi connectivity index (χ4v) is 13.6. The summed E-state index contributed by atoms with van der Waals surface area (Å²) in [6, 6.07) is 0. The largest absolute Gasteiger partial charge is 0.466 e. The third kappa shape index (κ3) is 5.16. The van der Waals surface area contributed by atoms with Crippen LogP contribution in [0.15, 0.2) is 56.2 Å². The van der Waals surface area contributed by atoms with E-state index in [4.69, 9.17) is 23.7 Å². The Morgan fingerprint density at radius 3 is 2.11 bits per heavy atom. The van der Waals surface area contributed by atoms with Gasteiger partial charge in [-0.05, 0) is 99.2 Å². The number of ketones is 3. The Morgan fingerprint density at radius 1 is 0.839 bits per heavy atom. The number of fused-ring (bicyclic) bond motifs is 7. The van der Waals surface area contributed by atoms with Crippen molar-refractivity contribution in [1.82, 2.24) is 0 Å². The van der Waals surface area contributed by atoms with Gasteiger partial charge in [0.1, 0.15) is 37.1 Å². The van der Waals surface area contributed by atoms with Crippen molar-refractivity contribution < 1.29 is 77.4 Å². The Balaban J connectivity index is 1.26. The fourth-order valence-electron chi connectivity index (χ4n) is 13.6. The molecular formula is C46H50O16. The van der Waals surface area contributed by atoms with E-state index in [0.29, 0.717) is 18.4 Å². The van der Waals surface area contributed by atoms with Gasteiger partial charge < -0.3 is 39.0 Å². The molecule has 2 bridgehead atoms. The summed E-state index contributed by atoms with van der Waals surface area (Å²) >= 11 is 0. The lowest BCUT2D eigenvalue weighted by Crippen LogP contribution is -2.67. The van der Waals surface area contributed by atoms with Gasteiger partial charge in [-0.15, -0.1) is 0 Å². The molecule has 16 nitrogen and oxygen atoms in total. The zero-order chi connectivity index (χ0) is 45.0. The maximum absolute atomic E-state index is 14.7. The van der Waals surface area contributed by atoms with E-state index in [1.807, 2.05) is 6.92 Å². The van der Waals surface area contributed by atoms with Crippen molar-refractivity contribution in [2.45, 2.75) is 103 Å². The molecule has 0 aromatic heterocycles. The van der Waals surface area contributed by atoms with Crippen LogP contribution in [0.5, 0.6) is 0 Å². The number of carbonyl (C=O) groups excluding carboxylic acids is 8. The van der Waals surface area contributed by atoms with Gasteiger partial charge in [0.15, 0.2) is 23.0 Å². The minimum absolute atomic E-state index is 0.0287. The van der Waals surface area contributed by atoms with Crippen molar-refractivity contribution in [3.8, 4) is 0 Å². The third-order valence-corrected chi connectivity index (χ3v) is 16.7. The number of hydrogen-bond donors (Lipinski definition) is 3. The van der Waals surface area contributed by atoms with Crippen molar-refractivity contribution in [3.63, 3.8) is 0 Å². The number of esters is 5. The first-order valence-electron chi connectivity index (χ1n) is 21.2. The Kier molecular flexibility index (Phi) is 9.18. The Morgan fingerprint density at radius 2 is 1.48 bits per heavy atom. The maximum atomic E-state index is 14.7. The molecule has 0 saturated heterocycles. The van der Waals surface area contributed by atoms with Crippen molar-refractivity contribution in [3.05, 3.63) is 56.2 Å². The van der Waals surface area contributed by atoms with E-state index >= 15 is 0 Å². The molecule has 1 spiro atoms. The van der Waals surface area contributed by atoms with Gasteiger partial charge in [-0.1, -0.05) is 19.9 Å². The standard InChI is InChI=1S/C46H50O16/c1-8-18(2)35(50)22-16-60-31(49)10-9-30(48)59-15-21-23-13-28-42(5,24-11-27(24)45(28,57)17-61-41(55)33(22)20(4)47)29-14-44(56)26-12-25(26)43(6)37(44)34(46(23,29)62-40(21)54)32(36(51)38(43)52)19(3)39(53)58-7/h8,24-29,38,52,56-57H,9-17H2,1-7H3/b18-8+,32-19-,33-22+/t24-,25-,26+,27+,28-,29+,38+,42+,43+,44+,45+,46+/m1/s1. The number of cyclic esters (lactones) is 3. The second-order valence-corrected chi connectivity index (χ2v) is 19.2. The molecule has 62 heavy (non-hydrogen) atoms. The molecule has 16 heteroatoms. The number of ether oxygens (including phenoxy) is 5. The summed E-state index contributed by atoms with van der Waals surface area (Å²) in [5.41, 5.74) is -8.53. The molecule has 2 heterocycles. The summed E-state index contributed by atoms with van der Waals surface area (Å²) < 4.78 is 28.5. The topological polar surface area (TPSA) is 243 Å². The molecule has 12 atom stereocenters. The summed E-state index contributed by atoms with van der Waals surface area (Å²) in [6.07, 6.45) is -0.503. The van der Waals surface area contributed by atoms with Crippen LogP contribution < -0.4 is 0 Å². The summed E-state index contributed by atoms with van der Waals surface area (Å²) in [5.74, 6) is -10.6. The lowest BCUT2D eigenvalue weighted by molar-refractivity contribution is -0.186. The predicted octanol–water partition coefficient (Wildman–Crippen LogP) is 1.97. The van der Waals surface area contributed by atoms with Crippen LogP contribution in [-0.2, 0) is 62.0 Å². The monoisotopic (exact) mass is 858 g/mol. The first kappa shape index (κ1) is 42.3. The predicted molar refractivity (Wildman–Crippen MR) is 208 cm³/mol. The molecule has 9 aliphatic rings. The van der Waals surface area contributed by atoms with Gasteiger partial charge in [-0.3, -0.25) is 24.0 Å². The Hall–Kier alpha value is -5.06. The van der Waals surface area contributed by atoms with E-state index in [0.717, 1.165) is 14.0 Å². The van der Waals surface area contributed by atoms with E-state index < -0.39 is 148 Å². The Bertz CT molecular complexity index is 2410. The molecular weight excluding hydrogens is 808 g/mol. The minimum atomic E-state index is -1.87. The first-order valence-corrected chi connectivity index (χ1v) is 21.2. The van der Waals surface area contributed by atoms with Crippen molar-refractivity contribution in [2.75, 3.05) is 26.9 Å². The molecule has 2 aliphatic heterocycles. The van der Waals surface area contributed by atoms with Crippen LogP contribution in [0.4, 0.5) is 0 Å². The van der Waals surface area contributed by atoms with E-state index in [2.05, 4.69) is 0 Å². The van der Waals surface area contributed by atoms with Gasteiger partial charge in [-0.2, -0.15) is 0 Å². The average Bonchev–Trinajstić information content (AvgIpc) is 4.16. The van der Waals surface area contributed by atoms with Gasteiger partial charge in [0.2, 0.25) is 0 Å². The molecule has 7 aliphatic carbocycles. The maximum Gasteiger partial charge on any atom is 0.342 e. The molecule has 330 valence electrons. The van der Waals surface area contributed by atoms with E-state index in [9.17, 15) is 53.7 Å². The molecule has 0 unspecified atom stereocenters. The van der Waals surface area contributed by atoms with Crippen LogP contribution in [0.2, 0.25) is 0 Å². The number of aliphatic hydroxyl groups is 3. The van der Waals surface area contributed by atoms with E-state index in [1.165, 1.54) is 19.9 Å². The molecule has 3 N–H and O–H groups in total. The average molecular weight is 859 g/mol. The van der Waals surface area contributed by atoms with Crippen molar-refractivity contribution in [1.29, 1.82) is 0 Å². The first-order chi connectivity index (χ1) is 29.1. The highest BCUT2D eigenvalue weighted by Crippen LogP contribution is 2.84. The molecule has 5 fully saturated rings. The quantitative estimate of drug-likeness (QED) is 0.158. The van der Waals surface area contributed by atoms with E-state index in [-0.39, 0.29) is 58.1 Å². The number of methoxy groups -OCH3 is 1. The molecule has 5 saturated carbocycles. The number of hydrogen-bond acceptors (Lipinski definition) is 16. The third-order valence-electron chi connectivity index (χ3n) is 16.7. The summed E-state index contributed by atoms with van der Waals surface area (Å²) in [6.45, 7) is 7.00. The smallest absolute Gasteiger partial charge is 0.342 e. The number of allylic oxidation sites excluding steroid dienone is 2. The number of aliphatic hydroxyl groups excluding tert-OH is 1. The lowest BCUT2D eigenvalue weighted by atomic mass is 9.43. The van der Waals surface area contributed by atoms with Crippen LogP contribution in [-0.4, -0.2) is 112 Å². The zero-order valence-corrected chi connectivity index (χ0v) is 35.6. The van der Waals surface area contributed by atoms with Crippen LogP contribution >= 0.6 is 0 Å². The van der Waals surface area contributed by atoms with Crippen molar-refractivity contribution >= 4 is 47.2 Å². The second-order valence-electron chi connectivity index (χ2n) is 19.2. The SMILES string of the molecule is C/C=C(\C)C(=O)/C1=C(\C(C)=O)C(=O)OC[C@]2(O)[C@H]3C[C@H]3[C@]3(C)[C@@H]4C[C@@]5(O)C6=C(/C(=C(\C)C(=O)OC)C(=O)[C@H](O)[C@@]6(C)[C@@H]6C[C@@H]65)[C@@]45OC(=O)C(=C5C[C@@H]23)COC(=O)CCC(=O)OC1. The van der Waals surface area contributed by atoms with Gasteiger partial charge >= 0.3 is 29.8 Å². The normalized spacial score (nSPS) is 44.1. The highest BCUT2D eigenvalue weighted by molar-refractivity contribution is 6.24. The summed E-state index contributed by atoms with van der Waals surface area (Å²) in [4.78, 5) is 110. The fraction of sp³-hybridized carbons (Fsp3) is 0.609. The minimum Gasteiger partial charge on any atom is -0.466 e. The zero-order valence-electron chi connectivity index (χ0n) is 35.6. The van der Waals surface area contributed by atoms with E-state index in [1.54, 1.807) is 13.8 Å². The molecule has 0 aromatic carbocycles. The van der Waals surface area contributed by atoms with Crippen LogP contribution in [0.3, 0.4) is 0 Å². The number of Topliss-reactive ketones (excluding diaryl/α,β-unsaturated/α-hetero) is 3.